The van der Waals surface area contributed by atoms with Crippen molar-refractivity contribution in [1.29, 1.82) is 0 Å². The maximum absolute atomic E-state index is 12.9. The molecule has 0 saturated carbocycles. The molecule has 1 aliphatic rings. The molecule has 0 spiro atoms. The van der Waals surface area contributed by atoms with E-state index in [2.05, 4.69) is 15.6 Å². The molecule has 4 rings (SSSR count). The number of rotatable bonds is 4. The summed E-state index contributed by atoms with van der Waals surface area (Å²) in [5.41, 5.74) is 3.15. The summed E-state index contributed by atoms with van der Waals surface area (Å²) in [4.78, 5) is 16.9. The molecule has 0 atom stereocenters. The zero-order valence-corrected chi connectivity index (χ0v) is 15.4. The molecule has 2 N–H and O–H groups in total. The number of hydrogen-bond acceptors (Lipinski definition) is 3. The summed E-state index contributed by atoms with van der Waals surface area (Å²) in [6.45, 7) is 0.796. The summed E-state index contributed by atoms with van der Waals surface area (Å²) in [5.74, 6) is 0.109. The van der Waals surface area contributed by atoms with Crippen molar-refractivity contribution >= 4 is 17.4 Å². The molecule has 29 heavy (non-hydrogen) atoms. The van der Waals surface area contributed by atoms with Crippen molar-refractivity contribution in [3.05, 3.63) is 88.6 Å². The van der Waals surface area contributed by atoms with Gasteiger partial charge in [-0.05, 0) is 59.9 Å². The second-order valence-electron chi connectivity index (χ2n) is 6.89. The fourth-order valence-electron chi connectivity index (χ4n) is 3.49. The summed E-state index contributed by atoms with van der Waals surface area (Å²) in [5, 5.41) is 6.03. The third-order valence-electron chi connectivity index (χ3n) is 4.84. The quantitative estimate of drug-likeness (QED) is 0.658. The van der Waals surface area contributed by atoms with Crippen LogP contribution in [-0.4, -0.2) is 17.4 Å². The van der Waals surface area contributed by atoms with Crippen molar-refractivity contribution in [1.82, 2.24) is 4.98 Å². The Hall–Kier alpha value is -3.35. The smallest absolute Gasteiger partial charge is 0.384 e. The van der Waals surface area contributed by atoms with Crippen LogP contribution in [0.15, 0.2) is 60.8 Å². The molecule has 0 radical (unpaired) electrons. The Morgan fingerprint density at radius 1 is 1.07 bits per heavy atom. The van der Waals surface area contributed by atoms with Crippen LogP contribution in [0.2, 0.25) is 0 Å². The van der Waals surface area contributed by atoms with Gasteiger partial charge in [0.15, 0.2) is 0 Å². The van der Waals surface area contributed by atoms with E-state index in [1.807, 2.05) is 12.1 Å². The SMILES string of the molecule is O=C(Nc1cc(Cc2cccc(C(F)(F)F)c2)ccn1)c1cccc2c1CCN2. The van der Waals surface area contributed by atoms with E-state index in [0.717, 1.165) is 41.9 Å². The van der Waals surface area contributed by atoms with E-state index in [1.54, 1.807) is 24.3 Å². The molecule has 2 aromatic carbocycles. The first kappa shape index (κ1) is 19.0. The number of amides is 1. The number of hydrogen-bond donors (Lipinski definition) is 2. The van der Waals surface area contributed by atoms with E-state index in [1.165, 1.54) is 12.3 Å². The van der Waals surface area contributed by atoms with E-state index in [9.17, 15) is 18.0 Å². The lowest BCUT2D eigenvalue weighted by atomic mass is 10.0. The number of fused-ring (bicyclic) bond motifs is 1. The van der Waals surface area contributed by atoms with Crippen LogP contribution >= 0.6 is 0 Å². The van der Waals surface area contributed by atoms with E-state index in [4.69, 9.17) is 0 Å². The van der Waals surface area contributed by atoms with Crippen molar-refractivity contribution in [3.63, 3.8) is 0 Å². The van der Waals surface area contributed by atoms with Crippen molar-refractivity contribution in [2.45, 2.75) is 19.0 Å². The Kier molecular flexibility index (Phi) is 4.96. The maximum Gasteiger partial charge on any atom is 0.416 e. The molecule has 0 fully saturated rings. The fraction of sp³-hybridized carbons (Fsp3) is 0.182. The Morgan fingerprint density at radius 2 is 1.86 bits per heavy atom. The van der Waals surface area contributed by atoms with Crippen LogP contribution in [0.3, 0.4) is 0 Å². The Bertz CT molecular complexity index is 1060. The molecule has 0 aliphatic carbocycles. The topological polar surface area (TPSA) is 54.0 Å². The zero-order valence-electron chi connectivity index (χ0n) is 15.4. The van der Waals surface area contributed by atoms with Crippen LogP contribution in [0.4, 0.5) is 24.7 Å². The number of halogens is 3. The monoisotopic (exact) mass is 397 g/mol. The molecular formula is C22H18F3N3O. The van der Waals surface area contributed by atoms with Gasteiger partial charge >= 0.3 is 6.18 Å². The predicted octanol–water partition coefficient (Wildman–Crippen LogP) is 4.91. The second-order valence-corrected chi connectivity index (χ2v) is 6.89. The van der Waals surface area contributed by atoms with Crippen LogP contribution in [0.5, 0.6) is 0 Å². The molecule has 4 nitrogen and oxygen atoms in total. The van der Waals surface area contributed by atoms with E-state index < -0.39 is 11.7 Å². The fourth-order valence-corrected chi connectivity index (χ4v) is 3.49. The van der Waals surface area contributed by atoms with Crippen LogP contribution in [0.1, 0.15) is 32.6 Å². The zero-order chi connectivity index (χ0) is 20.4. The van der Waals surface area contributed by atoms with Gasteiger partial charge < -0.3 is 10.6 Å². The molecular weight excluding hydrogens is 379 g/mol. The lowest BCUT2D eigenvalue weighted by Gasteiger charge is -2.11. The van der Waals surface area contributed by atoms with Crippen LogP contribution in [0, 0.1) is 0 Å². The number of anilines is 2. The molecule has 1 aliphatic heterocycles. The minimum absolute atomic E-state index is 0.255. The molecule has 0 bridgehead atoms. The van der Waals surface area contributed by atoms with Crippen LogP contribution < -0.4 is 10.6 Å². The first-order valence-electron chi connectivity index (χ1n) is 9.18. The number of carbonyl (C=O) groups is 1. The van der Waals surface area contributed by atoms with Crippen molar-refractivity contribution < 1.29 is 18.0 Å². The van der Waals surface area contributed by atoms with Gasteiger partial charge in [0.05, 0.1) is 5.56 Å². The average molecular weight is 397 g/mol. The number of aromatic nitrogens is 1. The van der Waals surface area contributed by atoms with Crippen LogP contribution in [0.25, 0.3) is 0 Å². The molecule has 0 unspecified atom stereocenters. The number of nitrogens with zero attached hydrogens (tertiary/aromatic N) is 1. The summed E-state index contributed by atoms with van der Waals surface area (Å²) in [6.07, 6.45) is -1.75. The van der Waals surface area contributed by atoms with Crippen molar-refractivity contribution in [3.8, 4) is 0 Å². The minimum Gasteiger partial charge on any atom is -0.384 e. The summed E-state index contributed by atoms with van der Waals surface area (Å²) >= 11 is 0. The highest BCUT2D eigenvalue weighted by Crippen LogP contribution is 2.30. The van der Waals surface area contributed by atoms with Gasteiger partial charge in [0.2, 0.25) is 0 Å². The predicted molar refractivity (Wildman–Crippen MR) is 105 cm³/mol. The highest BCUT2D eigenvalue weighted by molar-refractivity contribution is 6.06. The highest BCUT2D eigenvalue weighted by Gasteiger charge is 2.30. The van der Waals surface area contributed by atoms with Gasteiger partial charge in [0, 0.05) is 24.0 Å². The summed E-state index contributed by atoms with van der Waals surface area (Å²) < 4.78 is 38.7. The average Bonchev–Trinajstić information content (AvgIpc) is 3.16. The normalized spacial score (nSPS) is 12.9. The lowest BCUT2D eigenvalue weighted by molar-refractivity contribution is -0.137. The second kappa shape index (κ2) is 7.58. The molecule has 7 heteroatoms. The Morgan fingerprint density at radius 3 is 2.69 bits per heavy atom. The molecule has 148 valence electrons. The Balaban J connectivity index is 1.51. The number of pyridine rings is 1. The van der Waals surface area contributed by atoms with Gasteiger partial charge in [-0.15, -0.1) is 0 Å². The molecule has 1 aromatic heterocycles. The van der Waals surface area contributed by atoms with E-state index in [-0.39, 0.29) is 5.91 Å². The first-order chi connectivity index (χ1) is 13.9. The summed E-state index contributed by atoms with van der Waals surface area (Å²) in [6, 6.07) is 14.2. The summed E-state index contributed by atoms with van der Waals surface area (Å²) in [7, 11) is 0. The maximum atomic E-state index is 12.9. The van der Waals surface area contributed by atoms with E-state index in [0.29, 0.717) is 23.4 Å². The minimum atomic E-state index is -4.38. The highest BCUT2D eigenvalue weighted by atomic mass is 19.4. The van der Waals surface area contributed by atoms with Crippen molar-refractivity contribution in [2.24, 2.45) is 0 Å². The van der Waals surface area contributed by atoms with E-state index >= 15 is 0 Å². The van der Waals surface area contributed by atoms with Crippen LogP contribution in [-0.2, 0) is 19.0 Å². The third kappa shape index (κ3) is 4.23. The molecule has 1 amide bonds. The van der Waals surface area contributed by atoms with Gasteiger partial charge in [0.25, 0.3) is 5.91 Å². The first-order valence-corrected chi connectivity index (χ1v) is 9.18. The van der Waals surface area contributed by atoms with Gasteiger partial charge in [-0.1, -0.05) is 24.3 Å². The molecule has 2 heterocycles. The number of alkyl halides is 3. The van der Waals surface area contributed by atoms with Gasteiger partial charge in [-0.3, -0.25) is 4.79 Å². The third-order valence-corrected chi connectivity index (χ3v) is 4.84. The number of carbonyl (C=O) groups excluding carboxylic acids is 1. The molecule has 0 saturated heterocycles. The standard InChI is InChI=1S/C22H18F3N3O/c23-22(24,25)16-4-1-3-14(12-16)11-15-7-9-27-20(13-15)28-21(29)18-5-2-6-19-17(18)8-10-26-19/h1-7,9,12-13,26H,8,10-11H2,(H,27,28,29). The number of benzene rings is 2. The van der Waals surface area contributed by atoms with Gasteiger partial charge in [0.1, 0.15) is 5.82 Å². The van der Waals surface area contributed by atoms with Crippen molar-refractivity contribution in [2.75, 3.05) is 17.2 Å². The molecule has 3 aromatic rings. The number of nitrogens with one attached hydrogen (secondary N) is 2. The largest absolute Gasteiger partial charge is 0.416 e. The Labute approximate surface area is 165 Å². The van der Waals surface area contributed by atoms with Gasteiger partial charge in [-0.25, -0.2) is 4.98 Å². The van der Waals surface area contributed by atoms with Gasteiger partial charge in [-0.2, -0.15) is 13.2 Å². The lowest BCUT2D eigenvalue weighted by Crippen LogP contribution is -2.15.